The van der Waals surface area contributed by atoms with Crippen LogP contribution >= 0.6 is 23.4 Å². The number of aliphatic imine (C=N–C) groups is 2. The Morgan fingerprint density at radius 1 is 0.933 bits per heavy atom. The first-order valence-corrected chi connectivity index (χ1v) is 10.7. The molecule has 1 unspecified atom stereocenters. The van der Waals surface area contributed by atoms with E-state index in [-0.39, 0.29) is 11.2 Å². The van der Waals surface area contributed by atoms with Gasteiger partial charge in [0.1, 0.15) is 5.71 Å². The van der Waals surface area contributed by atoms with E-state index in [1.165, 1.54) is 11.8 Å². The molecule has 2 aliphatic rings. The molecule has 2 heterocycles. The van der Waals surface area contributed by atoms with Crippen LogP contribution in [0, 0.1) is 0 Å². The molecule has 6 heteroatoms. The number of carbonyl (C=O) groups is 1. The molecule has 1 N–H and O–H groups in total. The summed E-state index contributed by atoms with van der Waals surface area (Å²) in [5.41, 5.74) is 4.90. The Hall–Kier alpha value is -3.15. The first-order valence-electron chi connectivity index (χ1n) is 9.45. The van der Waals surface area contributed by atoms with E-state index < -0.39 is 0 Å². The van der Waals surface area contributed by atoms with Crippen molar-refractivity contribution in [1.29, 1.82) is 0 Å². The van der Waals surface area contributed by atoms with E-state index in [1.807, 2.05) is 78.9 Å². The van der Waals surface area contributed by atoms with E-state index in [9.17, 15) is 4.79 Å². The zero-order chi connectivity index (χ0) is 20.5. The molecule has 5 rings (SSSR count). The molecule has 0 spiro atoms. The third-order valence-corrected chi connectivity index (χ3v) is 6.19. The Morgan fingerprint density at radius 2 is 1.67 bits per heavy atom. The monoisotopic (exact) mass is 429 g/mol. The van der Waals surface area contributed by atoms with Crippen LogP contribution in [-0.4, -0.2) is 16.8 Å². The minimum Gasteiger partial charge on any atom is -0.320 e. The number of halogens is 1. The van der Waals surface area contributed by atoms with Crippen LogP contribution in [-0.2, 0) is 4.79 Å². The number of hydrogen-bond acceptors (Lipinski definition) is 4. The number of rotatable bonds is 2. The Morgan fingerprint density at radius 3 is 2.47 bits per heavy atom. The van der Waals surface area contributed by atoms with Gasteiger partial charge in [0.2, 0.25) is 0 Å². The summed E-state index contributed by atoms with van der Waals surface area (Å²) in [6.07, 6.45) is 2.12. The van der Waals surface area contributed by atoms with Crippen molar-refractivity contribution in [3.05, 3.63) is 107 Å². The maximum atomic E-state index is 12.5. The minimum absolute atomic E-state index is 0.00836. The number of para-hydroxylation sites is 1. The van der Waals surface area contributed by atoms with Gasteiger partial charge in [0.25, 0.3) is 5.91 Å². The van der Waals surface area contributed by atoms with Crippen LogP contribution in [0.1, 0.15) is 21.9 Å². The SMILES string of the molecule is O=C1Nc2ccccc2C1=NC1=NC(c2ccccc2)=CC(c2ccc(Cl)cc2)S1. The maximum Gasteiger partial charge on any atom is 0.275 e. The molecule has 30 heavy (non-hydrogen) atoms. The van der Waals surface area contributed by atoms with Gasteiger partial charge in [-0.1, -0.05) is 84.0 Å². The average molecular weight is 430 g/mol. The predicted octanol–water partition coefficient (Wildman–Crippen LogP) is 5.97. The van der Waals surface area contributed by atoms with Crippen LogP contribution < -0.4 is 5.32 Å². The summed E-state index contributed by atoms with van der Waals surface area (Å²) in [6.45, 7) is 0. The van der Waals surface area contributed by atoms with Crippen LogP contribution in [0.25, 0.3) is 5.70 Å². The van der Waals surface area contributed by atoms with Crippen molar-refractivity contribution in [2.75, 3.05) is 5.32 Å². The number of benzene rings is 3. The molecule has 1 atom stereocenters. The van der Waals surface area contributed by atoms with Crippen molar-refractivity contribution < 1.29 is 4.79 Å². The molecule has 146 valence electrons. The Labute approximate surface area is 183 Å². The molecule has 2 aliphatic heterocycles. The van der Waals surface area contributed by atoms with Crippen molar-refractivity contribution in [2.24, 2.45) is 9.98 Å². The number of hydrogen-bond donors (Lipinski definition) is 1. The van der Waals surface area contributed by atoms with E-state index >= 15 is 0 Å². The van der Waals surface area contributed by atoms with E-state index in [2.05, 4.69) is 16.4 Å². The largest absolute Gasteiger partial charge is 0.320 e. The highest BCUT2D eigenvalue weighted by molar-refractivity contribution is 8.14. The lowest BCUT2D eigenvalue weighted by Gasteiger charge is -2.19. The molecular formula is C24H16ClN3OS. The van der Waals surface area contributed by atoms with Crippen molar-refractivity contribution in [3.8, 4) is 0 Å². The standard InChI is InChI=1S/C24H16ClN3OS/c25-17-12-10-16(11-13-17)21-14-20(15-6-2-1-3-7-15)27-24(30-21)28-22-18-8-4-5-9-19(18)26-23(22)29/h1-14,21H,(H,26,27,28,29). The molecule has 3 aromatic rings. The predicted molar refractivity (Wildman–Crippen MR) is 125 cm³/mol. The van der Waals surface area contributed by atoms with Crippen LogP contribution in [0.4, 0.5) is 5.69 Å². The van der Waals surface area contributed by atoms with Gasteiger partial charge in [-0.05, 0) is 35.4 Å². The van der Waals surface area contributed by atoms with Gasteiger partial charge in [-0.3, -0.25) is 4.79 Å². The van der Waals surface area contributed by atoms with Crippen LogP contribution in [0.3, 0.4) is 0 Å². The van der Waals surface area contributed by atoms with E-state index in [4.69, 9.17) is 16.6 Å². The summed E-state index contributed by atoms with van der Waals surface area (Å²) >= 11 is 7.58. The number of amidine groups is 1. The normalized spacial score (nSPS) is 19.2. The van der Waals surface area contributed by atoms with E-state index in [0.29, 0.717) is 15.9 Å². The number of carbonyl (C=O) groups excluding carboxylic acids is 1. The van der Waals surface area contributed by atoms with Crippen LogP contribution in [0.15, 0.2) is 94.9 Å². The van der Waals surface area contributed by atoms with Crippen molar-refractivity contribution in [3.63, 3.8) is 0 Å². The van der Waals surface area contributed by atoms with Crippen molar-refractivity contribution in [1.82, 2.24) is 0 Å². The van der Waals surface area contributed by atoms with Gasteiger partial charge >= 0.3 is 0 Å². The molecule has 0 aliphatic carbocycles. The number of amides is 1. The number of fused-ring (bicyclic) bond motifs is 1. The molecule has 3 aromatic carbocycles. The average Bonchev–Trinajstić information content (AvgIpc) is 3.10. The fraction of sp³-hybridized carbons (Fsp3) is 0.0417. The molecule has 4 nitrogen and oxygen atoms in total. The number of nitrogens with one attached hydrogen (secondary N) is 1. The van der Waals surface area contributed by atoms with Gasteiger partial charge in [0.05, 0.1) is 16.6 Å². The maximum absolute atomic E-state index is 12.5. The highest BCUT2D eigenvalue weighted by Crippen LogP contribution is 2.40. The minimum atomic E-state index is -0.210. The molecule has 0 saturated carbocycles. The summed E-state index contributed by atoms with van der Waals surface area (Å²) in [5, 5.41) is 4.12. The number of nitrogens with zero attached hydrogens (tertiary/aromatic N) is 2. The Bertz CT molecular complexity index is 1220. The second-order valence-corrected chi connectivity index (χ2v) is 8.41. The lowest BCUT2D eigenvalue weighted by molar-refractivity contribution is -0.110. The highest BCUT2D eigenvalue weighted by Gasteiger charge is 2.28. The molecule has 0 bridgehead atoms. The quantitative estimate of drug-likeness (QED) is 0.545. The van der Waals surface area contributed by atoms with E-state index in [0.717, 1.165) is 28.1 Å². The zero-order valence-electron chi connectivity index (χ0n) is 15.7. The Kier molecular flexibility index (Phi) is 4.99. The molecule has 0 aromatic heterocycles. The molecule has 1 amide bonds. The fourth-order valence-electron chi connectivity index (χ4n) is 3.40. The molecule has 0 fully saturated rings. The summed E-state index contributed by atoms with van der Waals surface area (Å²) in [6, 6.07) is 25.3. The second-order valence-electron chi connectivity index (χ2n) is 6.86. The molecule has 0 saturated heterocycles. The van der Waals surface area contributed by atoms with Gasteiger partial charge in [-0.2, -0.15) is 0 Å². The van der Waals surface area contributed by atoms with Gasteiger partial charge in [0, 0.05) is 10.6 Å². The molecular weight excluding hydrogens is 414 g/mol. The highest BCUT2D eigenvalue weighted by atomic mass is 35.5. The summed E-state index contributed by atoms with van der Waals surface area (Å²) in [7, 11) is 0. The lowest BCUT2D eigenvalue weighted by Crippen LogP contribution is -2.16. The number of thioether (sulfide) groups is 1. The van der Waals surface area contributed by atoms with Crippen molar-refractivity contribution in [2.45, 2.75) is 5.25 Å². The smallest absolute Gasteiger partial charge is 0.275 e. The topological polar surface area (TPSA) is 53.8 Å². The lowest BCUT2D eigenvalue weighted by atomic mass is 10.1. The Balaban J connectivity index is 1.58. The number of anilines is 1. The third kappa shape index (κ3) is 3.70. The van der Waals surface area contributed by atoms with Crippen LogP contribution in [0.2, 0.25) is 5.02 Å². The van der Waals surface area contributed by atoms with Gasteiger partial charge in [-0.25, -0.2) is 9.98 Å². The van der Waals surface area contributed by atoms with E-state index in [1.54, 1.807) is 0 Å². The zero-order valence-corrected chi connectivity index (χ0v) is 17.3. The van der Waals surface area contributed by atoms with Gasteiger partial charge < -0.3 is 5.32 Å². The van der Waals surface area contributed by atoms with Gasteiger partial charge in [-0.15, -0.1) is 0 Å². The summed E-state index contributed by atoms with van der Waals surface area (Å²) in [5.74, 6) is -0.210. The van der Waals surface area contributed by atoms with Crippen molar-refractivity contribution >= 4 is 51.5 Å². The first-order chi connectivity index (χ1) is 14.7. The first kappa shape index (κ1) is 18.9. The second kappa shape index (κ2) is 7.94. The summed E-state index contributed by atoms with van der Waals surface area (Å²) < 4.78 is 0. The van der Waals surface area contributed by atoms with Crippen LogP contribution in [0.5, 0.6) is 0 Å². The third-order valence-electron chi connectivity index (χ3n) is 4.88. The molecule has 0 radical (unpaired) electrons. The fourth-order valence-corrected chi connectivity index (χ4v) is 4.54. The van der Waals surface area contributed by atoms with Gasteiger partial charge in [0.15, 0.2) is 5.17 Å². The summed E-state index contributed by atoms with van der Waals surface area (Å²) in [4.78, 5) is 22.0.